The Balaban J connectivity index is 4.69. The highest BCUT2D eigenvalue weighted by atomic mass is 35.5. The maximum Gasteiger partial charge on any atom is 0.409 e. The summed E-state index contributed by atoms with van der Waals surface area (Å²) in [6, 6.07) is 0. The first-order chi connectivity index (χ1) is 7.50. The van der Waals surface area contributed by atoms with Crippen LogP contribution in [-0.4, -0.2) is 30.2 Å². The van der Waals surface area contributed by atoms with Gasteiger partial charge in [0.15, 0.2) is 0 Å². The molecule has 0 spiro atoms. The number of nitrogens with one attached hydrogen (secondary N) is 1. The highest BCUT2D eigenvalue weighted by molar-refractivity contribution is 6.20. The van der Waals surface area contributed by atoms with Crippen LogP contribution in [0.1, 0.15) is 13.3 Å². The number of alkyl halides is 7. The maximum atomic E-state index is 12.1. The number of hydrogen-bond acceptors (Lipinski definition) is 1. The Hall–Kier alpha value is -0.660. The molecule has 0 aliphatic carbocycles. The molecular weight excluding hydrogens is 276 g/mol. The van der Waals surface area contributed by atoms with Gasteiger partial charge in [-0.2, -0.15) is 26.3 Å². The average Bonchev–Trinajstić information content (AvgIpc) is 2.09. The monoisotopic (exact) mass is 285 g/mol. The molecule has 1 unspecified atom stereocenters. The SMILES string of the molecule is CCC(Cl)CNC(=O)C(C(F)(F)F)C(F)(F)F. The van der Waals surface area contributed by atoms with E-state index in [4.69, 9.17) is 11.6 Å². The van der Waals surface area contributed by atoms with Crippen molar-refractivity contribution in [3.8, 4) is 0 Å². The number of carbonyl (C=O) groups excluding carboxylic acids is 1. The summed E-state index contributed by atoms with van der Waals surface area (Å²) in [6.07, 6.45) is -11.0. The van der Waals surface area contributed by atoms with Gasteiger partial charge in [0.05, 0.1) is 5.38 Å². The maximum absolute atomic E-state index is 12.1. The van der Waals surface area contributed by atoms with Crippen LogP contribution in [0.2, 0.25) is 0 Å². The van der Waals surface area contributed by atoms with Gasteiger partial charge in [-0.15, -0.1) is 11.6 Å². The van der Waals surface area contributed by atoms with Gasteiger partial charge in [0, 0.05) is 6.54 Å². The molecule has 0 aromatic heterocycles. The summed E-state index contributed by atoms with van der Waals surface area (Å²) in [4.78, 5) is 10.8. The topological polar surface area (TPSA) is 29.1 Å². The lowest BCUT2D eigenvalue weighted by atomic mass is 10.1. The van der Waals surface area contributed by atoms with Crippen LogP contribution in [0.25, 0.3) is 0 Å². The minimum absolute atomic E-state index is 0.310. The zero-order chi connectivity index (χ0) is 13.9. The van der Waals surface area contributed by atoms with Gasteiger partial charge in [0.25, 0.3) is 0 Å². The van der Waals surface area contributed by atoms with Gasteiger partial charge in [-0.25, -0.2) is 0 Å². The van der Waals surface area contributed by atoms with Gasteiger partial charge in [0.1, 0.15) is 0 Å². The third kappa shape index (κ3) is 5.47. The first-order valence-electron chi connectivity index (χ1n) is 4.55. The van der Waals surface area contributed by atoms with Crippen LogP contribution in [0.3, 0.4) is 0 Å². The van der Waals surface area contributed by atoms with Gasteiger partial charge in [-0.1, -0.05) is 6.92 Å². The summed E-state index contributed by atoms with van der Waals surface area (Å²) in [5.41, 5.74) is 0. The van der Waals surface area contributed by atoms with E-state index < -0.39 is 36.1 Å². The molecule has 9 heteroatoms. The molecule has 0 heterocycles. The van der Waals surface area contributed by atoms with Crippen molar-refractivity contribution in [3.63, 3.8) is 0 Å². The van der Waals surface area contributed by atoms with E-state index in [-0.39, 0.29) is 0 Å². The number of carbonyl (C=O) groups is 1. The molecule has 0 aliphatic heterocycles. The molecule has 0 rings (SSSR count). The Morgan fingerprint density at radius 3 is 1.88 bits per heavy atom. The predicted octanol–water partition coefficient (Wildman–Crippen LogP) is 2.86. The second kappa shape index (κ2) is 5.79. The number of halogens is 7. The van der Waals surface area contributed by atoms with Gasteiger partial charge >= 0.3 is 12.4 Å². The number of amides is 1. The van der Waals surface area contributed by atoms with E-state index in [0.29, 0.717) is 6.42 Å². The smallest absolute Gasteiger partial charge is 0.354 e. The zero-order valence-electron chi connectivity index (χ0n) is 8.62. The highest BCUT2D eigenvalue weighted by Gasteiger charge is 2.61. The quantitative estimate of drug-likeness (QED) is 0.624. The van der Waals surface area contributed by atoms with Crippen LogP contribution >= 0.6 is 11.6 Å². The fraction of sp³-hybridized carbons (Fsp3) is 0.875. The van der Waals surface area contributed by atoms with Crippen molar-refractivity contribution in [2.24, 2.45) is 5.92 Å². The molecule has 0 radical (unpaired) electrons. The normalized spacial score (nSPS) is 14.9. The lowest BCUT2D eigenvalue weighted by Crippen LogP contribution is -2.48. The van der Waals surface area contributed by atoms with E-state index in [9.17, 15) is 31.1 Å². The molecule has 0 fully saturated rings. The highest BCUT2D eigenvalue weighted by Crippen LogP contribution is 2.39. The van der Waals surface area contributed by atoms with Crippen LogP contribution in [0.5, 0.6) is 0 Å². The Morgan fingerprint density at radius 1 is 1.18 bits per heavy atom. The minimum atomic E-state index is -5.67. The first-order valence-corrected chi connectivity index (χ1v) is 4.99. The van der Waals surface area contributed by atoms with Crippen LogP contribution in [0, 0.1) is 5.92 Å². The van der Waals surface area contributed by atoms with Crippen molar-refractivity contribution < 1.29 is 31.1 Å². The Morgan fingerprint density at radius 2 is 1.59 bits per heavy atom. The predicted molar refractivity (Wildman–Crippen MR) is 48.5 cm³/mol. The third-order valence-electron chi connectivity index (χ3n) is 1.86. The minimum Gasteiger partial charge on any atom is -0.354 e. The van der Waals surface area contributed by atoms with Crippen LogP contribution in [0.4, 0.5) is 26.3 Å². The first kappa shape index (κ1) is 16.3. The number of rotatable bonds is 4. The van der Waals surface area contributed by atoms with Crippen molar-refractivity contribution in [1.29, 1.82) is 0 Å². The second-order valence-corrected chi connectivity index (χ2v) is 3.88. The molecule has 0 aromatic rings. The Kier molecular flexibility index (Phi) is 5.57. The summed E-state index contributed by atoms with van der Waals surface area (Å²) in [6.45, 7) is 1.13. The van der Waals surface area contributed by atoms with Crippen LogP contribution in [-0.2, 0) is 4.79 Å². The molecule has 17 heavy (non-hydrogen) atoms. The molecule has 0 bridgehead atoms. The van der Waals surface area contributed by atoms with E-state index in [1.165, 1.54) is 5.32 Å². The fourth-order valence-corrected chi connectivity index (χ4v) is 1.02. The molecule has 0 saturated carbocycles. The zero-order valence-corrected chi connectivity index (χ0v) is 9.38. The fourth-order valence-electron chi connectivity index (χ4n) is 0.941. The van der Waals surface area contributed by atoms with Crippen molar-refractivity contribution in [2.75, 3.05) is 6.54 Å². The third-order valence-corrected chi connectivity index (χ3v) is 2.32. The molecule has 1 amide bonds. The standard InChI is InChI=1S/C8H10ClF6NO/c1-2-4(9)3-16-6(17)5(7(10,11)12)8(13,14)15/h4-5H,2-3H2,1H3,(H,16,17). The number of hydrogen-bond donors (Lipinski definition) is 1. The van der Waals surface area contributed by atoms with Gasteiger partial charge in [-0.3, -0.25) is 4.79 Å². The largest absolute Gasteiger partial charge is 0.409 e. The van der Waals surface area contributed by atoms with E-state index in [2.05, 4.69) is 0 Å². The van der Waals surface area contributed by atoms with E-state index in [1.807, 2.05) is 0 Å². The molecule has 0 saturated heterocycles. The second-order valence-electron chi connectivity index (χ2n) is 3.27. The molecule has 1 atom stereocenters. The van der Waals surface area contributed by atoms with Crippen LogP contribution < -0.4 is 5.32 Å². The summed E-state index contributed by atoms with van der Waals surface area (Å²) < 4.78 is 72.4. The molecule has 1 N–H and O–H groups in total. The lowest BCUT2D eigenvalue weighted by Gasteiger charge is -2.22. The molecule has 0 aliphatic rings. The Bertz CT molecular complexity index is 250. The molecule has 0 aromatic carbocycles. The molecular formula is C8H10ClF6NO. The lowest BCUT2D eigenvalue weighted by molar-refractivity contribution is -0.274. The molecule has 102 valence electrons. The van der Waals surface area contributed by atoms with Gasteiger partial charge < -0.3 is 5.32 Å². The van der Waals surface area contributed by atoms with E-state index in [1.54, 1.807) is 6.92 Å². The van der Waals surface area contributed by atoms with Crippen LogP contribution in [0.15, 0.2) is 0 Å². The summed E-state index contributed by atoms with van der Waals surface area (Å²) in [7, 11) is 0. The Labute approximate surface area is 98.3 Å². The van der Waals surface area contributed by atoms with Crippen molar-refractivity contribution in [1.82, 2.24) is 5.32 Å². The summed E-state index contributed by atoms with van der Waals surface area (Å²) in [5.74, 6) is -6.15. The van der Waals surface area contributed by atoms with Crippen molar-refractivity contribution in [3.05, 3.63) is 0 Å². The molecule has 2 nitrogen and oxygen atoms in total. The van der Waals surface area contributed by atoms with Gasteiger partial charge in [0.2, 0.25) is 11.8 Å². The summed E-state index contributed by atoms with van der Waals surface area (Å²) >= 11 is 5.47. The average molecular weight is 286 g/mol. The van der Waals surface area contributed by atoms with E-state index in [0.717, 1.165) is 0 Å². The van der Waals surface area contributed by atoms with E-state index >= 15 is 0 Å². The summed E-state index contributed by atoms with van der Waals surface area (Å²) in [5, 5.41) is 0.828. The van der Waals surface area contributed by atoms with Gasteiger partial charge in [-0.05, 0) is 6.42 Å². The van der Waals surface area contributed by atoms with Crippen molar-refractivity contribution in [2.45, 2.75) is 31.1 Å². The van der Waals surface area contributed by atoms with Crippen molar-refractivity contribution >= 4 is 17.5 Å².